The van der Waals surface area contributed by atoms with Crippen LogP contribution in [0.5, 0.6) is 0 Å². The van der Waals surface area contributed by atoms with Crippen molar-refractivity contribution in [2.45, 2.75) is 6.92 Å². The van der Waals surface area contributed by atoms with Crippen molar-refractivity contribution in [2.75, 3.05) is 7.05 Å². The van der Waals surface area contributed by atoms with Crippen molar-refractivity contribution in [3.05, 3.63) is 59.3 Å². The lowest BCUT2D eigenvalue weighted by molar-refractivity contribution is 0.0955. The molecule has 2 aromatic carbocycles. The van der Waals surface area contributed by atoms with E-state index in [0.717, 1.165) is 22.0 Å². The molecule has 0 bridgehead atoms. The number of hydrogen-bond donors (Lipinski definition) is 1. The molecule has 0 aliphatic carbocycles. The van der Waals surface area contributed by atoms with Gasteiger partial charge in [-0.1, -0.05) is 29.8 Å². The Kier molecular flexibility index (Phi) is 3.63. The van der Waals surface area contributed by atoms with Gasteiger partial charge in [0.05, 0.1) is 17.1 Å². The van der Waals surface area contributed by atoms with Crippen molar-refractivity contribution < 1.29 is 4.79 Å². The monoisotopic (exact) mass is 303 g/mol. The Bertz CT molecular complexity index is 943. The molecule has 4 nitrogen and oxygen atoms in total. The van der Waals surface area contributed by atoms with E-state index in [1.807, 2.05) is 61.0 Å². The van der Waals surface area contributed by atoms with E-state index in [1.54, 1.807) is 7.05 Å². The SMILES string of the molecule is CNC(=O)c1cc2cc(C#N)cc(-c3ccc(C)cc3)c2n1C. The first-order valence-electron chi connectivity index (χ1n) is 7.38. The second kappa shape index (κ2) is 5.62. The average molecular weight is 303 g/mol. The minimum atomic E-state index is -0.142. The van der Waals surface area contributed by atoms with Crippen LogP contribution in [-0.4, -0.2) is 17.5 Å². The van der Waals surface area contributed by atoms with Crippen LogP contribution in [-0.2, 0) is 7.05 Å². The number of hydrogen-bond acceptors (Lipinski definition) is 2. The zero-order chi connectivity index (χ0) is 16.6. The normalized spacial score (nSPS) is 10.5. The minimum Gasteiger partial charge on any atom is -0.354 e. The van der Waals surface area contributed by atoms with Gasteiger partial charge in [-0.25, -0.2) is 0 Å². The summed E-state index contributed by atoms with van der Waals surface area (Å²) in [7, 11) is 3.48. The van der Waals surface area contributed by atoms with Gasteiger partial charge >= 0.3 is 0 Å². The number of amides is 1. The van der Waals surface area contributed by atoms with E-state index >= 15 is 0 Å². The molecule has 0 fully saturated rings. The molecule has 114 valence electrons. The number of nitrogens with zero attached hydrogens (tertiary/aromatic N) is 2. The van der Waals surface area contributed by atoms with Gasteiger partial charge in [0.1, 0.15) is 5.69 Å². The van der Waals surface area contributed by atoms with Crippen molar-refractivity contribution in [1.82, 2.24) is 9.88 Å². The maximum atomic E-state index is 12.1. The fourth-order valence-corrected chi connectivity index (χ4v) is 2.87. The van der Waals surface area contributed by atoms with Crippen LogP contribution in [0.2, 0.25) is 0 Å². The van der Waals surface area contributed by atoms with Crippen LogP contribution in [0.25, 0.3) is 22.0 Å². The molecule has 0 radical (unpaired) electrons. The summed E-state index contributed by atoms with van der Waals surface area (Å²) in [5.74, 6) is -0.142. The van der Waals surface area contributed by atoms with Gasteiger partial charge in [0.15, 0.2) is 0 Å². The van der Waals surface area contributed by atoms with E-state index in [0.29, 0.717) is 11.3 Å². The second-order valence-electron chi connectivity index (χ2n) is 5.61. The van der Waals surface area contributed by atoms with Crippen LogP contribution in [0.3, 0.4) is 0 Å². The Morgan fingerprint density at radius 2 is 1.87 bits per heavy atom. The van der Waals surface area contributed by atoms with E-state index in [1.165, 1.54) is 5.56 Å². The molecule has 3 aromatic rings. The predicted octanol–water partition coefficient (Wildman–Crippen LogP) is 3.39. The molecule has 1 heterocycles. The lowest BCUT2D eigenvalue weighted by atomic mass is 9.99. The van der Waals surface area contributed by atoms with Crippen LogP contribution in [0.15, 0.2) is 42.5 Å². The Balaban J connectivity index is 2.35. The third-order valence-corrected chi connectivity index (χ3v) is 4.08. The number of nitrogens with one attached hydrogen (secondary N) is 1. The van der Waals surface area contributed by atoms with E-state index in [-0.39, 0.29) is 5.91 Å². The molecule has 1 amide bonds. The van der Waals surface area contributed by atoms with Crippen molar-refractivity contribution in [1.29, 1.82) is 5.26 Å². The highest BCUT2D eigenvalue weighted by Gasteiger charge is 2.16. The molecule has 0 aliphatic heterocycles. The number of carbonyl (C=O) groups is 1. The minimum absolute atomic E-state index is 0.142. The van der Waals surface area contributed by atoms with Crippen molar-refractivity contribution in [2.24, 2.45) is 7.05 Å². The molecule has 0 saturated heterocycles. The van der Waals surface area contributed by atoms with Gasteiger partial charge in [-0.2, -0.15) is 5.26 Å². The topological polar surface area (TPSA) is 57.8 Å². The molecule has 0 spiro atoms. The fraction of sp³-hybridized carbons (Fsp3) is 0.158. The first-order chi connectivity index (χ1) is 11.0. The van der Waals surface area contributed by atoms with E-state index < -0.39 is 0 Å². The molecule has 0 atom stereocenters. The van der Waals surface area contributed by atoms with Gasteiger partial charge in [0.2, 0.25) is 0 Å². The summed E-state index contributed by atoms with van der Waals surface area (Å²) >= 11 is 0. The zero-order valence-electron chi connectivity index (χ0n) is 13.3. The largest absolute Gasteiger partial charge is 0.354 e. The Labute approximate surface area is 135 Å². The summed E-state index contributed by atoms with van der Waals surface area (Å²) in [6, 6.07) is 15.9. The van der Waals surface area contributed by atoms with Crippen LogP contribution < -0.4 is 5.32 Å². The number of aryl methyl sites for hydroxylation is 2. The Morgan fingerprint density at radius 3 is 2.48 bits per heavy atom. The van der Waals surface area contributed by atoms with Crippen molar-refractivity contribution in [3.8, 4) is 17.2 Å². The van der Waals surface area contributed by atoms with Gasteiger partial charge in [-0.3, -0.25) is 4.79 Å². The maximum absolute atomic E-state index is 12.1. The van der Waals surface area contributed by atoms with Crippen molar-refractivity contribution >= 4 is 16.8 Å². The molecule has 4 heteroatoms. The zero-order valence-corrected chi connectivity index (χ0v) is 13.3. The van der Waals surface area contributed by atoms with E-state index in [9.17, 15) is 10.1 Å². The predicted molar refractivity (Wildman–Crippen MR) is 91.2 cm³/mol. The highest BCUT2D eigenvalue weighted by atomic mass is 16.1. The molecule has 0 saturated carbocycles. The Morgan fingerprint density at radius 1 is 1.17 bits per heavy atom. The molecule has 0 aliphatic rings. The molecule has 1 aromatic heterocycles. The summed E-state index contributed by atoms with van der Waals surface area (Å²) in [6.45, 7) is 2.04. The van der Waals surface area contributed by atoms with Crippen LogP contribution in [0.1, 0.15) is 21.6 Å². The van der Waals surface area contributed by atoms with Gasteiger partial charge in [0.25, 0.3) is 5.91 Å². The molecular weight excluding hydrogens is 286 g/mol. The lowest BCUT2D eigenvalue weighted by Crippen LogP contribution is -2.20. The fourth-order valence-electron chi connectivity index (χ4n) is 2.87. The number of fused-ring (bicyclic) bond motifs is 1. The number of aromatic nitrogens is 1. The first-order valence-corrected chi connectivity index (χ1v) is 7.38. The summed E-state index contributed by atoms with van der Waals surface area (Å²) < 4.78 is 1.88. The van der Waals surface area contributed by atoms with Gasteiger partial charge in [-0.05, 0) is 30.7 Å². The third-order valence-electron chi connectivity index (χ3n) is 4.08. The molecule has 23 heavy (non-hydrogen) atoms. The highest BCUT2D eigenvalue weighted by Crippen LogP contribution is 2.32. The summed E-state index contributed by atoms with van der Waals surface area (Å²) in [6.07, 6.45) is 0. The quantitative estimate of drug-likeness (QED) is 0.789. The first kappa shape index (κ1) is 14.9. The van der Waals surface area contributed by atoms with Gasteiger partial charge in [0, 0.05) is 25.0 Å². The van der Waals surface area contributed by atoms with E-state index in [2.05, 4.69) is 11.4 Å². The van der Waals surface area contributed by atoms with Gasteiger partial charge < -0.3 is 9.88 Å². The second-order valence-corrected chi connectivity index (χ2v) is 5.61. The van der Waals surface area contributed by atoms with Crippen LogP contribution in [0.4, 0.5) is 0 Å². The molecule has 0 unspecified atom stereocenters. The van der Waals surface area contributed by atoms with Crippen molar-refractivity contribution in [3.63, 3.8) is 0 Å². The molecule has 1 N–H and O–H groups in total. The number of rotatable bonds is 2. The van der Waals surface area contributed by atoms with Crippen LogP contribution >= 0.6 is 0 Å². The number of carbonyl (C=O) groups excluding carboxylic acids is 1. The molecule has 3 rings (SSSR count). The van der Waals surface area contributed by atoms with Crippen LogP contribution in [0, 0.1) is 18.3 Å². The molecular formula is C19H17N3O. The maximum Gasteiger partial charge on any atom is 0.267 e. The lowest BCUT2D eigenvalue weighted by Gasteiger charge is -2.09. The summed E-state index contributed by atoms with van der Waals surface area (Å²) in [4.78, 5) is 12.1. The smallest absolute Gasteiger partial charge is 0.267 e. The summed E-state index contributed by atoms with van der Waals surface area (Å²) in [5, 5.41) is 12.9. The van der Waals surface area contributed by atoms with E-state index in [4.69, 9.17) is 0 Å². The number of nitriles is 1. The Hall–Kier alpha value is -3.06. The highest BCUT2D eigenvalue weighted by molar-refractivity contribution is 6.03. The third kappa shape index (κ3) is 2.47. The van der Waals surface area contributed by atoms with Gasteiger partial charge in [-0.15, -0.1) is 0 Å². The number of benzene rings is 2. The standard InChI is InChI=1S/C19H17N3O/c1-12-4-6-14(7-5-12)16-9-13(11-20)8-15-10-17(19(23)21-2)22(3)18(15)16/h4-10H,1-3H3,(H,21,23). The summed E-state index contributed by atoms with van der Waals surface area (Å²) in [5.41, 5.74) is 5.28. The average Bonchev–Trinajstić information content (AvgIpc) is 2.91.